The third-order valence-corrected chi connectivity index (χ3v) is 8.21. The molecule has 1 aromatic carbocycles. The van der Waals surface area contributed by atoms with Crippen LogP contribution < -0.4 is 5.73 Å². The minimum Gasteiger partial charge on any atom is -0.369 e. The van der Waals surface area contributed by atoms with E-state index in [1.165, 1.54) is 41.3 Å². The molecule has 28 heavy (non-hydrogen) atoms. The summed E-state index contributed by atoms with van der Waals surface area (Å²) in [4.78, 5) is 15.4. The highest BCUT2D eigenvalue weighted by molar-refractivity contribution is 5.89. The molecule has 1 amide bonds. The van der Waals surface area contributed by atoms with Crippen LogP contribution in [0.3, 0.4) is 0 Å². The molecule has 2 N–H and O–H groups in total. The van der Waals surface area contributed by atoms with Crippen molar-refractivity contribution in [1.29, 1.82) is 0 Å². The summed E-state index contributed by atoms with van der Waals surface area (Å²) in [6.45, 7) is 4.04. The fraction of sp³-hybridized carbons (Fsp3) is 0.625. The summed E-state index contributed by atoms with van der Waals surface area (Å²) in [6.07, 6.45) is 10.5. The summed E-state index contributed by atoms with van der Waals surface area (Å²) in [6, 6.07) is 7.24. The molecule has 4 nitrogen and oxygen atoms in total. The number of carbonyl (C=O) groups excluding carboxylic acids is 1. The van der Waals surface area contributed by atoms with Gasteiger partial charge in [-0.1, -0.05) is 31.4 Å². The van der Waals surface area contributed by atoms with Crippen LogP contribution in [0.1, 0.15) is 62.5 Å². The van der Waals surface area contributed by atoms with Crippen LogP contribution in [-0.2, 0) is 17.8 Å². The number of hydrogen-bond donors (Lipinski definition) is 1. The summed E-state index contributed by atoms with van der Waals surface area (Å²) in [5.41, 5.74) is 10.1. The zero-order chi connectivity index (χ0) is 19.5. The lowest BCUT2D eigenvalue weighted by atomic mass is 9.59. The Bertz CT molecular complexity index is 910. The topological polar surface area (TPSA) is 51.3 Å². The Morgan fingerprint density at radius 2 is 2.04 bits per heavy atom. The first-order chi connectivity index (χ1) is 13.5. The third-order valence-electron chi connectivity index (χ3n) is 8.21. The lowest BCUT2D eigenvalue weighted by molar-refractivity contribution is -0.138. The van der Waals surface area contributed by atoms with Crippen LogP contribution in [0.15, 0.2) is 24.4 Å². The SMILES string of the molecule is CCn1cc2c3c(cccc31)[C@H]1CC(C(N)=O)(C3CCCCC3)CN(C)[C@@H]1C2. The fourth-order valence-corrected chi connectivity index (χ4v) is 6.83. The molecule has 0 bridgehead atoms. The van der Waals surface area contributed by atoms with Gasteiger partial charge in [-0.3, -0.25) is 4.79 Å². The summed E-state index contributed by atoms with van der Waals surface area (Å²) in [5, 5.41) is 1.45. The maximum absolute atomic E-state index is 12.9. The fourth-order valence-electron chi connectivity index (χ4n) is 6.83. The zero-order valence-corrected chi connectivity index (χ0v) is 17.3. The van der Waals surface area contributed by atoms with Gasteiger partial charge in [0.2, 0.25) is 5.91 Å². The number of likely N-dealkylation sites (tertiary alicyclic amines) is 1. The van der Waals surface area contributed by atoms with E-state index in [2.05, 4.69) is 47.8 Å². The van der Waals surface area contributed by atoms with Gasteiger partial charge >= 0.3 is 0 Å². The van der Waals surface area contributed by atoms with Crippen LogP contribution in [0.4, 0.5) is 0 Å². The van der Waals surface area contributed by atoms with Gasteiger partial charge in [-0.05, 0) is 62.8 Å². The highest BCUT2D eigenvalue weighted by atomic mass is 16.1. The number of likely N-dealkylation sites (N-methyl/N-ethyl adjacent to an activating group) is 1. The van der Waals surface area contributed by atoms with E-state index in [0.29, 0.717) is 17.9 Å². The molecule has 2 heterocycles. The molecule has 1 aromatic heterocycles. The number of carbonyl (C=O) groups is 1. The molecule has 1 unspecified atom stereocenters. The number of aryl methyl sites for hydroxylation is 1. The first-order valence-corrected chi connectivity index (χ1v) is 11.2. The Labute approximate surface area is 168 Å². The van der Waals surface area contributed by atoms with Crippen LogP contribution in [0.2, 0.25) is 0 Å². The van der Waals surface area contributed by atoms with E-state index in [4.69, 9.17) is 5.73 Å². The van der Waals surface area contributed by atoms with Crippen molar-refractivity contribution in [2.75, 3.05) is 13.6 Å². The quantitative estimate of drug-likeness (QED) is 0.874. The summed E-state index contributed by atoms with van der Waals surface area (Å²) in [5.74, 6) is 0.786. The number of nitrogens with zero attached hydrogens (tertiary/aromatic N) is 2. The maximum Gasteiger partial charge on any atom is 0.225 e. The Balaban J connectivity index is 1.62. The number of aromatic nitrogens is 1. The zero-order valence-electron chi connectivity index (χ0n) is 17.3. The van der Waals surface area contributed by atoms with Gasteiger partial charge in [-0.2, -0.15) is 0 Å². The molecule has 5 rings (SSSR count). The van der Waals surface area contributed by atoms with Crippen molar-refractivity contribution >= 4 is 16.8 Å². The first kappa shape index (κ1) is 18.2. The van der Waals surface area contributed by atoms with E-state index in [-0.39, 0.29) is 11.3 Å². The minimum absolute atomic E-state index is 0.0613. The molecule has 2 aromatic rings. The van der Waals surface area contributed by atoms with E-state index in [0.717, 1.165) is 38.8 Å². The summed E-state index contributed by atoms with van der Waals surface area (Å²) < 4.78 is 2.38. The Hall–Kier alpha value is -1.81. The van der Waals surface area contributed by atoms with Gasteiger partial charge in [0, 0.05) is 42.1 Å². The molecule has 0 spiro atoms. The van der Waals surface area contributed by atoms with Crippen LogP contribution in [0, 0.1) is 11.3 Å². The van der Waals surface area contributed by atoms with E-state index < -0.39 is 0 Å². The van der Waals surface area contributed by atoms with Gasteiger partial charge in [-0.15, -0.1) is 0 Å². The lowest BCUT2D eigenvalue weighted by Crippen LogP contribution is -2.59. The third kappa shape index (κ3) is 2.50. The van der Waals surface area contributed by atoms with Gasteiger partial charge in [0.25, 0.3) is 0 Å². The number of piperidine rings is 1. The number of primary amides is 1. The van der Waals surface area contributed by atoms with Gasteiger partial charge < -0.3 is 15.2 Å². The number of hydrogen-bond acceptors (Lipinski definition) is 2. The summed E-state index contributed by atoms with van der Waals surface area (Å²) in [7, 11) is 2.22. The van der Waals surface area contributed by atoms with Crippen molar-refractivity contribution in [3.63, 3.8) is 0 Å². The molecule has 1 saturated carbocycles. The minimum atomic E-state index is -0.372. The van der Waals surface area contributed by atoms with Crippen LogP contribution >= 0.6 is 0 Å². The van der Waals surface area contributed by atoms with Crippen molar-refractivity contribution in [3.05, 3.63) is 35.5 Å². The second-order valence-corrected chi connectivity index (χ2v) is 9.53. The second kappa shape index (κ2) is 6.62. The average molecular weight is 380 g/mol. The van der Waals surface area contributed by atoms with Gasteiger partial charge in [0.05, 0.1) is 5.41 Å². The number of benzene rings is 1. The molecule has 3 aliphatic rings. The Kier molecular flexibility index (Phi) is 4.31. The number of rotatable bonds is 3. The normalized spacial score (nSPS) is 31.1. The smallest absolute Gasteiger partial charge is 0.225 e. The van der Waals surface area contributed by atoms with Crippen LogP contribution in [0.25, 0.3) is 10.9 Å². The molecule has 150 valence electrons. The molecular formula is C24H33N3O. The number of amides is 1. The van der Waals surface area contributed by atoms with E-state index in [1.54, 1.807) is 0 Å². The highest BCUT2D eigenvalue weighted by Gasteiger charge is 2.53. The first-order valence-electron chi connectivity index (χ1n) is 11.2. The van der Waals surface area contributed by atoms with E-state index >= 15 is 0 Å². The van der Waals surface area contributed by atoms with Crippen molar-refractivity contribution in [3.8, 4) is 0 Å². The van der Waals surface area contributed by atoms with Crippen molar-refractivity contribution < 1.29 is 4.79 Å². The van der Waals surface area contributed by atoms with Gasteiger partial charge in [0.1, 0.15) is 0 Å². The van der Waals surface area contributed by atoms with Gasteiger partial charge in [-0.25, -0.2) is 0 Å². The molecule has 2 aliphatic carbocycles. The molecule has 1 aliphatic heterocycles. The Morgan fingerprint density at radius 3 is 2.75 bits per heavy atom. The largest absolute Gasteiger partial charge is 0.369 e. The number of fused-ring (bicyclic) bond motifs is 2. The van der Waals surface area contributed by atoms with Crippen molar-refractivity contribution in [1.82, 2.24) is 9.47 Å². The van der Waals surface area contributed by atoms with Crippen molar-refractivity contribution in [2.45, 2.75) is 70.4 Å². The number of nitrogens with two attached hydrogens (primary N) is 1. The predicted octanol–water partition coefficient (Wildman–Crippen LogP) is 4.06. The van der Waals surface area contributed by atoms with E-state index in [9.17, 15) is 4.79 Å². The monoisotopic (exact) mass is 379 g/mol. The standard InChI is InChI=1S/C24H33N3O/c1-3-27-14-16-12-21-19(18-10-7-11-20(27)22(16)18)13-24(23(25)28,15-26(21)2)17-8-5-4-6-9-17/h7,10-11,14,17,19,21H,3-6,8-9,12-13,15H2,1-2H3,(H2,25,28)/t19-,21-,24?/m1/s1. The Morgan fingerprint density at radius 1 is 1.25 bits per heavy atom. The lowest BCUT2D eigenvalue weighted by Gasteiger charge is -2.53. The molecule has 4 heteroatoms. The van der Waals surface area contributed by atoms with Crippen molar-refractivity contribution in [2.24, 2.45) is 17.1 Å². The highest BCUT2D eigenvalue weighted by Crippen LogP contribution is 2.53. The van der Waals surface area contributed by atoms with Crippen LogP contribution in [0.5, 0.6) is 0 Å². The summed E-state index contributed by atoms with van der Waals surface area (Å²) >= 11 is 0. The average Bonchev–Trinajstić information content (AvgIpc) is 3.08. The molecule has 1 saturated heterocycles. The van der Waals surface area contributed by atoms with E-state index in [1.807, 2.05) is 0 Å². The second-order valence-electron chi connectivity index (χ2n) is 9.53. The molecule has 3 atom stereocenters. The molecular weight excluding hydrogens is 346 g/mol. The van der Waals surface area contributed by atoms with Crippen LogP contribution in [-0.4, -0.2) is 35.0 Å². The molecule has 2 fully saturated rings. The molecule has 0 radical (unpaired) electrons. The van der Waals surface area contributed by atoms with Gasteiger partial charge in [0.15, 0.2) is 0 Å². The maximum atomic E-state index is 12.9. The predicted molar refractivity (Wildman–Crippen MR) is 113 cm³/mol.